The molecule has 0 saturated heterocycles. The molecule has 1 unspecified atom stereocenters. The SMILES string of the molecule is CC(CCC(=O)O)Nc1ccc(Br)c(Cl)c1. The van der Waals surface area contributed by atoms with Crippen molar-refractivity contribution in [2.75, 3.05) is 5.32 Å². The van der Waals surface area contributed by atoms with E-state index >= 15 is 0 Å². The summed E-state index contributed by atoms with van der Waals surface area (Å²) in [6, 6.07) is 5.67. The van der Waals surface area contributed by atoms with Crippen molar-refractivity contribution in [3.8, 4) is 0 Å². The molecule has 1 aromatic rings. The number of carbonyl (C=O) groups is 1. The first-order valence-electron chi connectivity index (χ1n) is 4.92. The fraction of sp³-hybridized carbons (Fsp3) is 0.364. The fourth-order valence-corrected chi connectivity index (χ4v) is 1.71. The molecule has 3 nitrogen and oxygen atoms in total. The number of rotatable bonds is 5. The lowest BCUT2D eigenvalue weighted by molar-refractivity contribution is -0.137. The normalized spacial score (nSPS) is 12.2. The van der Waals surface area contributed by atoms with Crippen LogP contribution < -0.4 is 5.32 Å². The van der Waals surface area contributed by atoms with Crippen LogP contribution >= 0.6 is 27.5 Å². The van der Waals surface area contributed by atoms with E-state index in [1.54, 1.807) is 0 Å². The Morgan fingerprint density at radius 2 is 2.31 bits per heavy atom. The van der Waals surface area contributed by atoms with Crippen LogP contribution in [-0.4, -0.2) is 17.1 Å². The fourth-order valence-electron chi connectivity index (χ4n) is 1.28. The maximum Gasteiger partial charge on any atom is 0.303 e. The number of carboxylic acid groups (broad SMARTS) is 1. The number of benzene rings is 1. The topological polar surface area (TPSA) is 49.3 Å². The highest BCUT2D eigenvalue weighted by Crippen LogP contribution is 2.26. The Bertz CT molecular complexity index is 384. The summed E-state index contributed by atoms with van der Waals surface area (Å²) in [6.07, 6.45) is 0.751. The van der Waals surface area contributed by atoms with Gasteiger partial charge in [-0.15, -0.1) is 0 Å². The van der Waals surface area contributed by atoms with Gasteiger partial charge in [0, 0.05) is 22.6 Å². The van der Waals surface area contributed by atoms with Gasteiger partial charge in [0.1, 0.15) is 0 Å². The van der Waals surface area contributed by atoms with E-state index in [9.17, 15) is 4.79 Å². The Labute approximate surface area is 108 Å². The molecule has 2 N–H and O–H groups in total. The first-order chi connectivity index (χ1) is 7.49. The molecule has 88 valence electrons. The van der Waals surface area contributed by atoms with Gasteiger partial charge in [-0.2, -0.15) is 0 Å². The second kappa shape index (κ2) is 6.11. The Morgan fingerprint density at radius 1 is 1.62 bits per heavy atom. The summed E-state index contributed by atoms with van der Waals surface area (Å²) >= 11 is 9.25. The summed E-state index contributed by atoms with van der Waals surface area (Å²) in [4.78, 5) is 10.4. The van der Waals surface area contributed by atoms with Gasteiger partial charge in [-0.05, 0) is 47.5 Å². The van der Waals surface area contributed by atoms with Crippen molar-refractivity contribution in [3.05, 3.63) is 27.7 Å². The van der Waals surface area contributed by atoms with Crippen LogP contribution in [-0.2, 0) is 4.79 Å². The second-order valence-corrected chi connectivity index (χ2v) is 4.87. The summed E-state index contributed by atoms with van der Waals surface area (Å²) in [5.74, 6) is -0.775. The molecular formula is C11H13BrClNO2. The number of hydrogen-bond donors (Lipinski definition) is 2. The maximum atomic E-state index is 10.4. The highest BCUT2D eigenvalue weighted by atomic mass is 79.9. The van der Waals surface area contributed by atoms with E-state index in [2.05, 4.69) is 21.2 Å². The van der Waals surface area contributed by atoms with Crippen LogP contribution in [0.15, 0.2) is 22.7 Å². The van der Waals surface area contributed by atoms with E-state index < -0.39 is 5.97 Å². The Hall–Kier alpha value is -0.740. The van der Waals surface area contributed by atoms with Gasteiger partial charge in [-0.25, -0.2) is 0 Å². The zero-order valence-corrected chi connectivity index (χ0v) is 11.2. The lowest BCUT2D eigenvalue weighted by Gasteiger charge is -2.14. The molecule has 0 bridgehead atoms. The van der Waals surface area contributed by atoms with Crippen molar-refractivity contribution in [2.45, 2.75) is 25.8 Å². The summed E-state index contributed by atoms with van der Waals surface area (Å²) in [6.45, 7) is 1.94. The van der Waals surface area contributed by atoms with Gasteiger partial charge in [-0.3, -0.25) is 4.79 Å². The van der Waals surface area contributed by atoms with Crippen LogP contribution in [0.2, 0.25) is 5.02 Å². The van der Waals surface area contributed by atoms with Gasteiger partial charge in [0.05, 0.1) is 5.02 Å². The third kappa shape index (κ3) is 4.41. The number of carboxylic acids is 1. The van der Waals surface area contributed by atoms with E-state index in [1.807, 2.05) is 25.1 Å². The number of anilines is 1. The highest BCUT2D eigenvalue weighted by Gasteiger charge is 2.06. The highest BCUT2D eigenvalue weighted by molar-refractivity contribution is 9.10. The number of hydrogen-bond acceptors (Lipinski definition) is 2. The van der Waals surface area contributed by atoms with Gasteiger partial charge in [-0.1, -0.05) is 11.6 Å². The largest absolute Gasteiger partial charge is 0.481 e. The van der Waals surface area contributed by atoms with Crippen LogP contribution in [0.5, 0.6) is 0 Å². The van der Waals surface area contributed by atoms with E-state index in [0.717, 1.165) is 10.2 Å². The summed E-state index contributed by atoms with van der Waals surface area (Å²) in [5.41, 5.74) is 0.895. The van der Waals surface area contributed by atoms with E-state index in [4.69, 9.17) is 16.7 Å². The average Bonchev–Trinajstić information content (AvgIpc) is 2.21. The predicted molar refractivity (Wildman–Crippen MR) is 69.1 cm³/mol. The van der Waals surface area contributed by atoms with E-state index in [-0.39, 0.29) is 12.5 Å². The van der Waals surface area contributed by atoms with Crippen molar-refractivity contribution in [3.63, 3.8) is 0 Å². The average molecular weight is 307 g/mol. The van der Waals surface area contributed by atoms with Crippen LogP contribution in [0, 0.1) is 0 Å². The van der Waals surface area contributed by atoms with E-state index in [1.165, 1.54) is 0 Å². The smallest absolute Gasteiger partial charge is 0.303 e. The molecule has 1 aromatic carbocycles. The predicted octanol–water partition coefficient (Wildman–Crippen LogP) is 3.77. The van der Waals surface area contributed by atoms with Gasteiger partial charge < -0.3 is 10.4 Å². The van der Waals surface area contributed by atoms with Crippen molar-refractivity contribution >= 4 is 39.2 Å². The quantitative estimate of drug-likeness (QED) is 0.870. The maximum absolute atomic E-state index is 10.4. The molecule has 0 aliphatic heterocycles. The van der Waals surface area contributed by atoms with Crippen molar-refractivity contribution in [1.29, 1.82) is 0 Å². The van der Waals surface area contributed by atoms with Gasteiger partial charge in [0.25, 0.3) is 0 Å². The molecule has 0 heterocycles. The van der Waals surface area contributed by atoms with Gasteiger partial charge >= 0.3 is 5.97 Å². The molecule has 0 aliphatic carbocycles. The number of aliphatic carboxylic acids is 1. The van der Waals surface area contributed by atoms with E-state index in [0.29, 0.717) is 11.4 Å². The number of halogens is 2. The lowest BCUT2D eigenvalue weighted by Crippen LogP contribution is -2.16. The van der Waals surface area contributed by atoms with Gasteiger partial charge in [0.15, 0.2) is 0 Å². The minimum absolute atomic E-state index is 0.105. The Balaban J connectivity index is 2.52. The minimum atomic E-state index is -0.775. The lowest BCUT2D eigenvalue weighted by atomic mass is 10.1. The van der Waals surface area contributed by atoms with Crippen molar-refractivity contribution in [2.24, 2.45) is 0 Å². The molecule has 5 heteroatoms. The number of nitrogens with one attached hydrogen (secondary N) is 1. The van der Waals surface area contributed by atoms with Gasteiger partial charge in [0.2, 0.25) is 0 Å². The third-order valence-electron chi connectivity index (χ3n) is 2.12. The molecule has 0 aliphatic rings. The first-order valence-corrected chi connectivity index (χ1v) is 6.09. The van der Waals surface area contributed by atoms with Crippen LogP contribution in [0.25, 0.3) is 0 Å². The van der Waals surface area contributed by atoms with Crippen LogP contribution in [0.4, 0.5) is 5.69 Å². The molecular weight excluding hydrogens is 293 g/mol. The molecule has 1 rings (SSSR count). The molecule has 0 aromatic heterocycles. The molecule has 0 fully saturated rings. The summed E-state index contributed by atoms with van der Waals surface area (Å²) in [5, 5.41) is 12.4. The second-order valence-electron chi connectivity index (χ2n) is 3.61. The standard InChI is InChI=1S/C11H13BrClNO2/c1-7(2-5-11(15)16)14-8-3-4-9(12)10(13)6-8/h3-4,6-7,14H,2,5H2,1H3,(H,15,16). The Morgan fingerprint density at radius 3 is 2.88 bits per heavy atom. The molecule has 1 atom stereocenters. The van der Waals surface area contributed by atoms with Crippen LogP contribution in [0.3, 0.4) is 0 Å². The zero-order chi connectivity index (χ0) is 12.1. The molecule has 0 radical (unpaired) electrons. The third-order valence-corrected chi connectivity index (χ3v) is 3.36. The monoisotopic (exact) mass is 305 g/mol. The molecule has 16 heavy (non-hydrogen) atoms. The molecule has 0 spiro atoms. The Kier molecular flexibility index (Phi) is 5.09. The minimum Gasteiger partial charge on any atom is -0.481 e. The summed E-state index contributed by atoms with van der Waals surface area (Å²) < 4.78 is 0.845. The van der Waals surface area contributed by atoms with Crippen LogP contribution in [0.1, 0.15) is 19.8 Å². The summed E-state index contributed by atoms with van der Waals surface area (Å²) in [7, 11) is 0. The van der Waals surface area contributed by atoms with Crippen molar-refractivity contribution < 1.29 is 9.90 Å². The zero-order valence-electron chi connectivity index (χ0n) is 8.84. The van der Waals surface area contributed by atoms with Crippen molar-refractivity contribution in [1.82, 2.24) is 0 Å². The molecule has 0 saturated carbocycles. The molecule has 0 amide bonds. The first kappa shape index (κ1) is 13.3.